The van der Waals surface area contributed by atoms with Gasteiger partial charge in [0.15, 0.2) is 0 Å². The van der Waals surface area contributed by atoms with Crippen molar-refractivity contribution >= 4 is 40.6 Å². The Morgan fingerprint density at radius 1 is 0.906 bits per heavy atom. The highest BCUT2D eigenvalue weighted by Gasteiger charge is 2.21. The average molecular weight is 451 g/mol. The number of anilines is 2. The first-order chi connectivity index (χ1) is 15.4. The monoisotopic (exact) mass is 450 g/mol. The van der Waals surface area contributed by atoms with Gasteiger partial charge >= 0.3 is 0 Å². The summed E-state index contributed by atoms with van der Waals surface area (Å²) in [5.74, 6) is -1.60. The van der Waals surface area contributed by atoms with Crippen molar-refractivity contribution in [1.29, 1.82) is 5.41 Å². The number of carbonyl (C=O) groups excluding carboxylic acids is 2. The van der Waals surface area contributed by atoms with Crippen LogP contribution in [-0.4, -0.2) is 35.6 Å². The van der Waals surface area contributed by atoms with E-state index in [4.69, 9.17) is 17.0 Å². The Morgan fingerprint density at radius 2 is 1.59 bits per heavy atom. The fourth-order valence-electron chi connectivity index (χ4n) is 3.28. The summed E-state index contributed by atoms with van der Waals surface area (Å²) < 4.78 is 14.7. The maximum absolute atomic E-state index is 14.7. The molecule has 3 N–H and O–H groups in total. The SMILES string of the molecule is N=C(c1ccc(C(=O)Nc2ccccc2C(=O)Nc2ccc(Cl)cc2)c(F)c1)N1CCC1. The molecule has 0 unspecified atom stereocenters. The van der Waals surface area contributed by atoms with Crippen LogP contribution in [0.4, 0.5) is 15.8 Å². The predicted molar refractivity (Wildman–Crippen MR) is 123 cm³/mol. The lowest BCUT2D eigenvalue weighted by Gasteiger charge is -2.33. The molecule has 1 aliphatic heterocycles. The molecule has 0 spiro atoms. The highest BCUT2D eigenvalue weighted by molar-refractivity contribution is 6.30. The van der Waals surface area contributed by atoms with Gasteiger partial charge < -0.3 is 15.5 Å². The quantitative estimate of drug-likeness (QED) is 0.377. The van der Waals surface area contributed by atoms with Crippen LogP contribution in [0.2, 0.25) is 5.02 Å². The van der Waals surface area contributed by atoms with Crippen LogP contribution in [0.25, 0.3) is 0 Å². The van der Waals surface area contributed by atoms with Crippen molar-refractivity contribution in [2.75, 3.05) is 23.7 Å². The second-order valence-corrected chi connectivity index (χ2v) is 7.78. The number of likely N-dealkylation sites (tertiary alicyclic amines) is 1. The summed E-state index contributed by atoms with van der Waals surface area (Å²) in [5.41, 5.74) is 1.28. The van der Waals surface area contributed by atoms with E-state index in [9.17, 15) is 14.0 Å². The minimum absolute atomic E-state index is 0.168. The Labute approximate surface area is 189 Å². The molecule has 3 aromatic carbocycles. The molecule has 0 radical (unpaired) electrons. The zero-order chi connectivity index (χ0) is 22.7. The molecule has 8 heteroatoms. The fourth-order valence-corrected chi connectivity index (χ4v) is 3.41. The summed E-state index contributed by atoms with van der Waals surface area (Å²) in [6.07, 6.45) is 1.01. The third-order valence-corrected chi connectivity index (χ3v) is 5.43. The maximum Gasteiger partial charge on any atom is 0.258 e. The molecule has 2 amide bonds. The highest BCUT2D eigenvalue weighted by atomic mass is 35.5. The average Bonchev–Trinajstić information content (AvgIpc) is 2.74. The van der Waals surface area contributed by atoms with Gasteiger partial charge in [-0.3, -0.25) is 15.0 Å². The third kappa shape index (κ3) is 4.63. The van der Waals surface area contributed by atoms with Crippen LogP contribution in [0, 0.1) is 11.2 Å². The van der Waals surface area contributed by atoms with Gasteiger partial charge in [0, 0.05) is 29.4 Å². The molecule has 0 aromatic heterocycles. The number of halogens is 2. The highest BCUT2D eigenvalue weighted by Crippen LogP contribution is 2.21. The predicted octanol–water partition coefficient (Wildman–Crippen LogP) is 5.01. The Balaban J connectivity index is 1.50. The van der Waals surface area contributed by atoms with Crippen LogP contribution >= 0.6 is 11.6 Å². The second-order valence-electron chi connectivity index (χ2n) is 7.34. The molecule has 162 valence electrons. The van der Waals surface area contributed by atoms with E-state index in [0.717, 1.165) is 19.5 Å². The summed E-state index contributed by atoms with van der Waals surface area (Å²) in [7, 11) is 0. The van der Waals surface area contributed by atoms with Gasteiger partial charge in [-0.25, -0.2) is 4.39 Å². The lowest BCUT2D eigenvalue weighted by molar-refractivity contribution is 0.102. The number of hydrogen-bond acceptors (Lipinski definition) is 3. The third-order valence-electron chi connectivity index (χ3n) is 5.18. The van der Waals surface area contributed by atoms with Crippen LogP contribution in [0.5, 0.6) is 0 Å². The van der Waals surface area contributed by atoms with Crippen LogP contribution in [0.15, 0.2) is 66.7 Å². The summed E-state index contributed by atoms with van der Waals surface area (Å²) in [6.45, 7) is 1.55. The molecule has 6 nitrogen and oxygen atoms in total. The van der Waals surface area contributed by atoms with E-state index >= 15 is 0 Å². The van der Waals surface area contributed by atoms with Gasteiger partial charge in [-0.05, 0) is 55.0 Å². The number of carbonyl (C=O) groups is 2. The maximum atomic E-state index is 14.7. The molecule has 1 saturated heterocycles. The molecule has 32 heavy (non-hydrogen) atoms. The van der Waals surface area contributed by atoms with Crippen LogP contribution in [0.1, 0.15) is 32.7 Å². The number of nitrogens with one attached hydrogen (secondary N) is 3. The number of hydrogen-bond donors (Lipinski definition) is 3. The van der Waals surface area contributed by atoms with Crippen molar-refractivity contribution in [2.45, 2.75) is 6.42 Å². The second kappa shape index (κ2) is 9.20. The molecule has 0 atom stereocenters. The Bertz CT molecular complexity index is 1190. The first kappa shape index (κ1) is 21.5. The standard InChI is InChI=1S/C24H20ClFN4O2/c25-16-7-9-17(10-8-16)28-24(32)19-4-1-2-5-21(19)29-23(31)18-11-6-15(14-20(18)26)22(27)30-12-3-13-30/h1-2,4-11,14,27H,3,12-13H2,(H,28,32)(H,29,31). The summed E-state index contributed by atoms with van der Waals surface area (Å²) in [5, 5.41) is 14.0. The zero-order valence-corrected chi connectivity index (χ0v) is 17.7. The molecule has 4 rings (SSSR count). The lowest BCUT2D eigenvalue weighted by atomic mass is 10.1. The summed E-state index contributed by atoms with van der Waals surface area (Å²) in [6, 6.07) is 17.2. The van der Waals surface area contributed by atoms with E-state index in [-0.39, 0.29) is 22.6 Å². The van der Waals surface area contributed by atoms with E-state index in [1.165, 1.54) is 12.1 Å². The van der Waals surface area contributed by atoms with E-state index in [0.29, 0.717) is 16.3 Å². The van der Waals surface area contributed by atoms with Crippen molar-refractivity contribution in [1.82, 2.24) is 4.90 Å². The molecular weight excluding hydrogens is 431 g/mol. The van der Waals surface area contributed by atoms with Crippen molar-refractivity contribution in [3.05, 3.63) is 94.3 Å². The smallest absolute Gasteiger partial charge is 0.258 e. The molecule has 0 aliphatic carbocycles. The molecule has 1 aliphatic rings. The number of amidine groups is 1. The van der Waals surface area contributed by atoms with Crippen molar-refractivity contribution in [2.24, 2.45) is 0 Å². The zero-order valence-electron chi connectivity index (χ0n) is 17.0. The van der Waals surface area contributed by atoms with Gasteiger partial charge in [-0.2, -0.15) is 0 Å². The van der Waals surface area contributed by atoms with Gasteiger partial charge in [0.2, 0.25) is 0 Å². The number of para-hydroxylation sites is 1. The normalized spacial score (nSPS) is 12.6. The Kier molecular flexibility index (Phi) is 6.18. The number of nitrogens with zero attached hydrogens (tertiary/aromatic N) is 1. The van der Waals surface area contributed by atoms with Crippen molar-refractivity contribution in [3.63, 3.8) is 0 Å². The Morgan fingerprint density at radius 3 is 2.25 bits per heavy atom. The number of rotatable bonds is 5. The molecule has 0 saturated carbocycles. The van der Waals surface area contributed by atoms with Crippen LogP contribution in [0.3, 0.4) is 0 Å². The first-order valence-electron chi connectivity index (χ1n) is 10.0. The van der Waals surface area contributed by atoms with Crippen molar-refractivity contribution in [3.8, 4) is 0 Å². The topological polar surface area (TPSA) is 85.3 Å². The number of amides is 2. The molecular formula is C24H20ClFN4O2. The molecule has 0 bridgehead atoms. The molecule has 1 fully saturated rings. The van der Waals surface area contributed by atoms with Gasteiger partial charge in [0.05, 0.1) is 16.8 Å². The minimum Gasteiger partial charge on any atom is -0.356 e. The first-order valence-corrected chi connectivity index (χ1v) is 10.4. The van der Waals surface area contributed by atoms with Gasteiger partial charge in [-0.1, -0.05) is 29.8 Å². The molecule has 3 aromatic rings. The minimum atomic E-state index is -0.728. The van der Waals surface area contributed by atoms with Crippen molar-refractivity contribution < 1.29 is 14.0 Å². The summed E-state index contributed by atoms with van der Waals surface area (Å²) in [4.78, 5) is 27.3. The van der Waals surface area contributed by atoms with E-state index in [1.54, 1.807) is 54.6 Å². The lowest BCUT2D eigenvalue weighted by Crippen LogP contribution is -2.42. The Hall–Kier alpha value is -3.71. The summed E-state index contributed by atoms with van der Waals surface area (Å²) >= 11 is 5.87. The van der Waals surface area contributed by atoms with Crippen LogP contribution in [-0.2, 0) is 0 Å². The number of benzene rings is 3. The largest absolute Gasteiger partial charge is 0.356 e. The van der Waals surface area contributed by atoms with E-state index in [1.807, 2.05) is 4.90 Å². The van der Waals surface area contributed by atoms with E-state index in [2.05, 4.69) is 10.6 Å². The van der Waals surface area contributed by atoms with E-state index < -0.39 is 17.6 Å². The van der Waals surface area contributed by atoms with Gasteiger partial charge in [-0.15, -0.1) is 0 Å². The molecule has 1 heterocycles. The van der Waals surface area contributed by atoms with Gasteiger partial charge in [0.25, 0.3) is 11.8 Å². The fraction of sp³-hybridized carbons (Fsp3) is 0.125. The van der Waals surface area contributed by atoms with Gasteiger partial charge in [0.1, 0.15) is 11.7 Å². The van der Waals surface area contributed by atoms with Crippen LogP contribution < -0.4 is 10.6 Å².